The minimum absolute atomic E-state index is 0.0140. The van der Waals surface area contributed by atoms with Crippen molar-refractivity contribution in [3.63, 3.8) is 0 Å². The van der Waals surface area contributed by atoms with Gasteiger partial charge in [-0.05, 0) is 61.7 Å². The van der Waals surface area contributed by atoms with Gasteiger partial charge in [0.15, 0.2) is 5.75 Å². The second-order valence-corrected chi connectivity index (χ2v) is 11.3. The minimum atomic E-state index is -5.02. The molecule has 2 atom stereocenters. The molecule has 0 saturated carbocycles. The average molecular weight is 705 g/mol. The third kappa shape index (κ3) is 8.52. The summed E-state index contributed by atoms with van der Waals surface area (Å²) in [7, 11) is 1.44. The molecule has 50 heavy (non-hydrogen) atoms. The van der Waals surface area contributed by atoms with Gasteiger partial charge in [-0.1, -0.05) is 13.0 Å². The Balaban J connectivity index is 1.52. The maximum atomic E-state index is 13.7. The number of anilines is 2. The van der Waals surface area contributed by atoms with E-state index < -0.39 is 42.0 Å². The van der Waals surface area contributed by atoms with Gasteiger partial charge in [-0.25, -0.2) is 19.7 Å². The third-order valence-corrected chi connectivity index (χ3v) is 7.98. The fraction of sp³-hybridized carbons (Fsp3) is 0.382. The highest BCUT2D eigenvalue weighted by Gasteiger charge is 2.39. The molecule has 16 heteroatoms. The van der Waals surface area contributed by atoms with Crippen LogP contribution in [0.1, 0.15) is 66.5 Å². The maximum Gasteiger partial charge on any atom is 0.416 e. The molecule has 4 aromatic rings. The Morgan fingerprint density at radius 1 is 0.980 bits per heavy atom. The lowest BCUT2D eigenvalue weighted by molar-refractivity contribution is -0.143. The van der Waals surface area contributed by atoms with Crippen LogP contribution in [0.15, 0.2) is 60.9 Å². The van der Waals surface area contributed by atoms with Crippen LogP contribution in [0, 0.1) is 0 Å². The zero-order chi connectivity index (χ0) is 36.1. The van der Waals surface area contributed by atoms with E-state index in [-0.39, 0.29) is 54.2 Å². The predicted molar refractivity (Wildman–Crippen MR) is 170 cm³/mol. The van der Waals surface area contributed by atoms with E-state index in [0.717, 1.165) is 0 Å². The van der Waals surface area contributed by atoms with Crippen molar-refractivity contribution in [2.75, 3.05) is 30.5 Å². The summed E-state index contributed by atoms with van der Waals surface area (Å²) < 4.78 is 98.6. The zero-order valence-corrected chi connectivity index (χ0v) is 27.3. The van der Waals surface area contributed by atoms with Gasteiger partial charge in [0.25, 0.3) is 0 Å². The number of benzene rings is 1. The molecule has 0 unspecified atom stereocenters. The lowest BCUT2D eigenvalue weighted by Crippen LogP contribution is -2.46. The molecule has 1 aromatic carbocycles. The van der Waals surface area contributed by atoms with Crippen molar-refractivity contribution < 1.29 is 45.3 Å². The fourth-order valence-corrected chi connectivity index (χ4v) is 5.63. The number of carbonyl (C=O) groups is 1. The van der Waals surface area contributed by atoms with Gasteiger partial charge in [0.05, 0.1) is 60.8 Å². The number of methoxy groups -OCH3 is 1. The summed E-state index contributed by atoms with van der Waals surface area (Å²) in [6, 6.07) is 9.11. The van der Waals surface area contributed by atoms with Gasteiger partial charge in [-0.3, -0.25) is 9.88 Å². The molecule has 0 fully saturated rings. The molecule has 4 heterocycles. The number of ether oxygens (including phenoxy) is 3. The lowest BCUT2D eigenvalue weighted by atomic mass is 9.93. The number of nitrogens with zero attached hydrogens (tertiary/aromatic N) is 5. The Morgan fingerprint density at radius 3 is 2.34 bits per heavy atom. The molecule has 0 saturated heterocycles. The summed E-state index contributed by atoms with van der Waals surface area (Å²) in [6.45, 7) is 3.85. The van der Waals surface area contributed by atoms with Crippen molar-refractivity contribution in [2.45, 2.75) is 64.0 Å². The predicted octanol–water partition coefficient (Wildman–Crippen LogP) is 7.82. The first-order valence-electron chi connectivity index (χ1n) is 15.7. The molecule has 1 aliphatic rings. The summed E-state index contributed by atoms with van der Waals surface area (Å²) >= 11 is 0. The molecule has 10 nitrogen and oxygen atoms in total. The summed E-state index contributed by atoms with van der Waals surface area (Å²) in [4.78, 5) is 32.2. The molecular formula is C34H34F6N6O4. The number of hydrogen-bond donors (Lipinski definition) is 1. The molecule has 0 spiro atoms. The number of hydrogen-bond acceptors (Lipinski definition) is 9. The van der Waals surface area contributed by atoms with E-state index in [1.807, 2.05) is 6.92 Å². The SMILES string of the molecule is CCOC(=O)N1c2ccc(OC)nc2[C@@H](Nc2ncc(OCCc3ccccn3)c(Cc3cc(C(F)(F)F)cc(C(F)(F)F)c3)n2)C[C@H]1CC. The number of carbonyl (C=O) groups excluding carboxylic acids is 1. The first-order chi connectivity index (χ1) is 23.8. The number of amides is 1. The van der Waals surface area contributed by atoms with Crippen molar-refractivity contribution in [3.05, 3.63) is 94.7 Å². The van der Waals surface area contributed by atoms with E-state index in [1.54, 1.807) is 43.5 Å². The van der Waals surface area contributed by atoms with Crippen molar-refractivity contribution in [3.8, 4) is 11.6 Å². The van der Waals surface area contributed by atoms with Crippen LogP contribution in [-0.4, -0.2) is 52.4 Å². The fourth-order valence-electron chi connectivity index (χ4n) is 5.63. The monoisotopic (exact) mass is 704 g/mol. The average Bonchev–Trinajstić information content (AvgIpc) is 3.08. The second-order valence-electron chi connectivity index (χ2n) is 11.3. The number of halogens is 6. The summed E-state index contributed by atoms with van der Waals surface area (Å²) in [5.41, 5.74) is -1.51. The largest absolute Gasteiger partial charge is 0.490 e. The van der Waals surface area contributed by atoms with E-state index in [2.05, 4.69) is 25.3 Å². The van der Waals surface area contributed by atoms with Crippen molar-refractivity contribution >= 4 is 17.7 Å². The number of pyridine rings is 2. The van der Waals surface area contributed by atoms with E-state index in [1.165, 1.54) is 18.2 Å². The summed E-state index contributed by atoms with van der Waals surface area (Å²) in [5.74, 6) is 0.360. The highest BCUT2D eigenvalue weighted by molar-refractivity contribution is 5.90. The number of nitrogens with one attached hydrogen (secondary N) is 1. The third-order valence-electron chi connectivity index (χ3n) is 7.98. The molecule has 0 aliphatic carbocycles. The van der Waals surface area contributed by atoms with Crippen LogP contribution in [0.4, 0.5) is 42.8 Å². The second kappa shape index (κ2) is 15.2. The van der Waals surface area contributed by atoms with Crippen LogP contribution in [0.5, 0.6) is 11.6 Å². The molecule has 266 valence electrons. The Kier molecular flexibility index (Phi) is 11.0. The highest BCUT2D eigenvalue weighted by Crippen LogP contribution is 2.41. The summed E-state index contributed by atoms with van der Waals surface area (Å²) in [5, 5.41) is 3.21. The van der Waals surface area contributed by atoms with E-state index in [9.17, 15) is 31.1 Å². The number of alkyl halides is 6. The lowest BCUT2D eigenvalue weighted by Gasteiger charge is -2.39. The Labute approximate surface area is 283 Å². The number of aromatic nitrogens is 4. The molecule has 1 aliphatic heterocycles. The Hall–Kier alpha value is -5.15. The zero-order valence-electron chi connectivity index (χ0n) is 27.3. The molecule has 5 rings (SSSR count). The van der Waals surface area contributed by atoms with E-state index >= 15 is 0 Å². The van der Waals surface area contributed by atoms with E-state index in [0.29, 0.717) is 48.5 Å². The highest BCUT2D eigenvalue weighted by atomic mass is 19.4. The molecular weight excluding hydrogens is 670 g/mol. The molecule has 0 radical (unpaired) electrons. The van der Waals surface area contributed by atoms with Crippen molar-refractivity contribution in [1.82, 2.24) is 19.9 Å². The van der Waals surface area contributed by atoms with Gasteiger partial charge in [0.2, 0.25) is 11.8 Å². The van der Waals surface area contributed by atoms with Crippen LogP contribution < -0.4 is 19.7 Å². The van der Waals surface area contributed by atoms with E-state index in [4.69, 9.17) is 14.2 Å². The van der Waals surface area contributed by atoms with Gasteiger partial charge < -0.3 is 19.5 Å². The first kappa shape index (κ1) is 36.1. The van der Waals surface area contributed by atoms with Crippen LogP contribution in [0.2, 0.25) is 0 Å². The first-order valence-corrected chi connectivity index (χ1v) is 15.7. The summed E-state index contributed by atoms with van der Waals surface area (Å²) in [6.07, 6.45) is -6.85. The molecule has 3 aromatic heterocycles. The van der Waals surface area contributed by atoms with Crippen LogP contribution in [0.25, 0.3) is 0 Å². The van der Waals surface area contributed by atoms with Crippen LogP contribution >= 0.6 is 0 Å². The molecule has 1 N–H and O–H groups in total. The number of rotatable bonds is 11. The van der Waals surface area contributed by atoms with Crippen molar-refractivity contribution in [2.24, 2.45) is 0 Å². The number of fused-ring (bicyclic) bond motifs is 1. The van der Waals surface area contributed by atoms with Gasteiger partial charge in [0.1, 0.15) is 0 Å². The normalized spacial score (nSPS) is 16.1. The van der Waals surface area contributed by atoms with Crippen LogP contribution in [-0.2, 0) is 29.9 Å². The van der Waals surface area contributed by atoms with Crippen LogP contribution in [0.3, 0.4) is 0 Å². The van der Waals surface area contributed by atoms with Gasteiger partial charge in [-0.15, -0.1) is 0 Å². The maximum absolute atomic E-state index is 13.7. The molecule has 0 bridgehead atoms. The van der Waals surface area contributed by atoms with Crippen molar-refractivity contribution in [1.29, 1.82) is 0 Å². The van der Waals surface area contributed by atoms with Gasteiger partial charge >= 0.3 is 18.4 Å². The van der Waals surface area contributed by atoms with Gasteiger partial charge in [0, 0.05) is 36.8 Å². The molecule has 1 amide bonds. The Morgan fingerprint density at radius 2 is 1.72 bits per heavy atom. The smallest absolute Gasteiger partial charge is 0.416 e. The van der Waals surface area contributed by atoms with Gasteiger partial charge in [-0.2, -0.15) is 26.3 Å². The Bertz CT molecular complexity index is 1760. The minimum Gasteiger partial charge on any atom is -0.490 e. The standard InChI is InChI=1S/C34H34F6N6O4/c1-4-24-18-26(30-27(9-10-29(45-30)48-3)46(24)32(47)49-5-2)44-31-42-19-28(50-13-11-23-8-6-7-12-41-23)25(43-31)16-20-14-21(33(35,36)37)17-22(15-20)34(38,39)40/h6-10,12,14-15,17,19,24,26H,4-5,11,13,16,18H2,1-3H3,(H,42,43,44)/t24-,26+/m1/s1. The topological polar surface area (TPSA) is 112 Å². The quantitative estimate of drug-likeness (QED) is 0.156.